The summed E-state index contributed by atoms with van der Waals surface area (Å²) in [5.74, 6) is 0.110. The minimum atomic E-state index is -4.82. The lowest BCUT2D eigenvalue weighted by atomic mass is 10.0. The van der Waals surface area contributed by atoms with Gasteiger partial charge in [-0.25, -0.2) is 0 Å². The lowest BCUT2D eigenvalue weighted by Gasteiger charge is -2.33. The molecule has 2 aliphatic heterocycles. The maximum atomic E-state index is 13.3. The summed E-state index contributed by atoms with van der Waals surface area (Å²) in [6, 6.07) is 11.5. The number of nitrogens with one attached hydrogen (secondary N) is 1. The number of rotatable bonds is 8. The number of carbonyl (C=O) groups excluding carboxylic acids is 1. The van der Waals surface area contributed by atoms with Gasteiger partial charge >= 0.3 is 6.18 Å². The van der Waals surface area contributed by atoms with Crippen LogP contribution in [-0.4, -0.2) is 72.5 Å². The van der Waals surface area contributed by atoms with Gasteiger partial charge in [0.25, 0.3) is 5.69 Å². The lowest BCUT2D eigenvalue weighted by Crippen LogP contribution is -2.42. The zero-order valence-electron chi connectivity index (χ0n) is 22.3. The van der Waals surface area contributed by atoms with E-state index >= 15 is 0 Å². The predicted molar refractivity (Wildman–Crippen MR) is 145 cm³/mol. The van der Waals surface area contributed by atoms with Gasteiger partial charge in [0, 0.05) is 62.6 Å². The molecule has 2 aromatic carbocycles. The van der Waals surface area contributed by atoms with Gasteiger partial charge < -0.3 is 20.0 Å². The van der Waals surface area contributed by atoms with E-state index in [-0.39, 0.29) is 17.6 Å². The van der Waals surface area contributed by atoms with Crippen LogP contribution in [0.1, 0.15) is 43.2 Å². The van der Waals surface area contributed by atoms with E-state index < -0.39 is 22.4 Å². The second-order valence-corrected chi connectivity index (χ2v) is 10.4. The first-order chi connectivity index (χ1) is 18.6. The normalized spacial score (nSPS) is 17.6. The van der Waals surface area contributed by atoms with Crippen molar-refractivity contribution in [3.8, 4) is 0 Å². The molecule has 1 amide bonds. The molecule has 2 heterocycles. The van der Waals surface area contributed by atoms with Gasteiger partial charge in [-0.3, -0.25) is 14.9 Å². The Morgan fingerprint density at radius 2 is 1.74 bits per heavy atom. The van der Waals surface area contributed by atoms with Gasteiger partial charge in [-0.05, 0) is 70.0 Å². The van der Waals surface area contributed by atoms with E-state index in [4.69, 9.17) is 0 Å². The third-order valence-corrected chi connectivity index (χ3v) is 7.57. The molecule has 8 nitrogen and oxygen atoms in total. The van der Waals surface area contributed by atoms with E-state index in [0.29, 0.717) is 32.4 Å². The number of benzene rings is 2. The summed E-state index contributed by atoms with van der Waals surface area (Å²) in [5.41, 5.74) is 0.472. The molecule has 0 aliphatic carbocycles. The number of amides is 1. The van der Waals surface area contributed by atoms with Crippen LogP contribution in [0.15, 0.2) is 42.5 Å². The summed E-state index contributed by atoms with van der Waals surface area (Å²) in [7, 11) is 0. The fraction of sp³-hybridized carbons (Fsp3) is 0.536. The molecule has 2 saturated heterocycles. The maximum absolute atomic E-state index is 13.3. The Morgan fingerprint density at radius 1 is 1.03 bits per heavy atom. The van der Waals surface area contributed by atoms with Crippen molar-refractivity contribution in [2.45, 2.75) is 51.2 Å². The highest BCUT2D eigenvalue weighted by Gasteiger charge is 2.38. The largest absolute Gasteiger partial charge is 0.423 e. The number of aryl methyl sites for hydroxylation is 1. The van der Waals surface area contributed by atoms with Crippen molar-refractivity contribution in [3.05, 3.63) is 63.7 Å². The molecule has 0 radical (unpaired) electrons. The van der Waals surface area contributed by atoms with Crippen molar-refractivity contribution in [3.63, 3.8) is 0 Å². The van der Waals surface area contributed by atoms with Gasteiger partial charge in [-0.2, -0.15) is 13.2 Å². The summed E-state index contributed by atoms with van der Waals surface area (Å²) in [6.45, 7) is 8.02. The molecular formula is C28H36F3N5O3. The second-order valence-electron chi connectivity index (χ2n) is 10.4. The number of anilines is 2. The van der Waals surface area contributed by atoms with Crippen LogP contribution in [0.3, 0.4) is 0 Å². The van der Waals surface area contributed by atoms with Crippen molar-refractivity contribution in [2.24, 2.45) is 0 Å². The van der Waals surface area contributed by atoms with Crippen LogP contribution in [0.2, 0.25) is 0 Å². The Balaban J connectivity index is 1.18. The number of piperidine rings is 1. The SMILES string of the molecule is Cc1ccc(N2CCCN(CCCC(=O)N3CCC(Nc4ccc([N+](=O)[O-])c(C(F)(F)F)c4)CC3)CC2)cc1. The number of hydrogen-bond acceptors (Lipinski definition) is 6. The van der Waals surface area contributed by atoms with Gasteiger partial charge in [-0.1, -0.05) is 17.7 Å². The van der Waals surface area contributed by atoms with Crippen molar-refractivity contribution < 1.29 is 22.9 Å². The highest BCUT2D eigenvalue weighted by atomic mass is 19.4. The van der Waals surface area contributed by atoms with E-state index in [2.05, 4.69) is 46.3 Å². The fourth-order valence-corrected chi connectivity index (χ4v) is 5.34. The first-order valence-electron chi connectivity index (χ1n) is 13.5. The number of nitro groups is 1. The number of nitro benzene ring substituents is 1. The minimum Gasteiger partial charge on any atom is -0.382 e. The van der Waals surface area contributed by atoms with Gasteiger partial charge in [0.15, 0.2) is 0 Å². The Hall–Kier alpha value is -3.34. The number of carbonyl (C=O) groups is 1. The molecule has 2 aromatic rings. The molecule has 39 heavy (non-hydrogen) atoms. The molecule has 0 atom stereocenters. The number of likely N-dealkylation sites (tertiary alicyclic amines) is 1. The van der Waals surface area contributed by atoms with Crippen LogP contribution < -0.4 is 10.2 Å². The highest BCUT2D eigenvalue weighted by Crippen LogP contribution is 2.38. The van der Waals surface area contributed by atoms with E-state index in [9.17, 15) is 28.1 Å². The van der Waals surface area contributed by atoms with Crippen LogP contribution in [0.5, 0.6) is 0 Å². The zero-order chi connectivity index (χ0) is 28.0. The summed E-state index contributed by atoms with van der Waals surface area (Å²) >= 11 is 0. The van der Waals surface area contributed by atoms with Crippen LogP contribution in [0, 0.1) is 17.0 Å². The molecule has 11 heteroatoms. The quantitative estimate of drug-likeness (QED) is 0.356. The van der Waals surface area contributed by atoms with E-state index in [0.717, 1.165) is 57.7 Å². The first-order valence-corrected chi connectivity index (χ1v) is 13.5. The number of alkyl halides is 3. The van der Waals surface area contributed by atoms with Crippen molar-refractivity contribution in [2.75, 3.05) is 56.0 Å². The average molecular weight is 548 g/mol. The standard InChI is InChI=1S/C28H36F3N5O3/c1-21-5-8-24(9-6-21)34-15-3-14-33(18-19-34)13-2-4-27(37)35-16-11-22(12-17-35)32-23-7-10-26(36(38)39)25(20-23)28(29,30)31/h5-10,20,22,32H,2-4,11-19H2,1H3. The van der Waals surface area contributed by atoms with E-state index in [1.54, 1.807) is 0 Å². The molecule has 4 rings (SSSR count). The Kier molecular flexibility index (Phi) is 9.32. The van der Waals surface area contributed by atoms with Crippen molar-refractivity contribution in [1.82, 2.24) is 9.80 Å². The maximum Gasteiger partial charge on any atom is 0.423 e. The number of halogens is 3. The predicted octanol–water partition coefficient (Wildman–Crippen LogP) is 5.32. The summed E-state index contributed by atoms with van der Waals surface area (Å²) in [4.78, 5) is 29.4. The second kappa shape index (κ2) is 12.7. The van der Waals surface area contributed by atoms with Crippen LogP contribution in [0.25, 0.3) is 0 Å². The molecular weight excluding hydrogens is 511 g/mol. The monoisotopic (exact) mass is 547 g/mol. The summed E-state index contributed by atoms with van der Waals surface area (Å²) < 4.78 is 39.8. The van der Waals surface area contributed by atoms with Gasteiger partial charge in [0.2, 0.25) is 5.91 Å². The Morgan fingerprint density at radius 3 is 2.41 bits per heavy atom. The molecule has 1 N–H and O–H groups in total. The third-order valence-electron chi connectivity index (χ3n) is 7.57. The van der Waals surface area contributed by atoms with Gasteiger partial charge in [0.1, 0.15) is 5.56 Å². The van der Waals surface area contributed by atoms with E-state index in [1.165, 1.54) is 17.3 Å². The number of hydrogen-bond donors (Lipinski definition) is 1. The molecule has 0 spiro atoms. The summed E-state index contributed by atoms with van der Waals surface area (Å²) in [6.07, 6.45) is -1.25. The molecule has 0 saturated carbocycles. The van der Waals surface area contributed by atoms with Crippen LogP contribution in [0.4, 0.5) is 30.2 Å². The molecule has 0 bridgehead atoms. The lowest BCUT2D eigenvalue weighted by molar-refractivity contribution is -0.388. The zero-order valence-corrected chi connectivity index (χ0v) is 22.3. The van der Waals surface area contributed by atoms with Crippen molar-refractivity contribution >= 4 is 23.0 Å². The van der Waals surface area contributed by atoms with Gasteiger partial charge in [0.05, 0.1) is 4.92 Å². The number of nitrogens with zero attached hydrogens (tertiary/aromatic N) is 4. The highest BCUT2D eigenvalue weighted by molar-refractivity contribution is 5.76. The fourth-order valence-electron chi connectivity index (χ4n) is 5.34. The van der Waals surface area contributed by atoms with Crippen molar-refractivity contribution in [1.29, 1.82) is 0 Å². The smallest absolute Gasteiger partial charge is 0.382 e. The topological polar surface area (TPSA) is 82.0 Å². The molecule has 212 valence electrons. The molecule has 0 aromatic heterocycles. The third kappa shape index (κ3) is 7.84. The molecule has 2 aliphatic rings. The molecule has 0 unspecified atom stereocenters. The van der Waals surface area contributed by atoms with Crippen LogP contribution in [-0.2, 0) is 11.0 Å². The van der Waals surface area contributed by atoms with Gasteiger partial charge in [-0.15, -0.1) is 0 Å². The first kappa shape index (κ1) is 28.7. The Bertz CT molecular complexity index is 1130. The van der Waals surface area contributed by atoms with E-state index in [1.807, 2.05) is 4.90 Å². The molecule has 2 fully saturated rings. The Labute approximate surface area is 226 Å². The summed E-state index contributed by atoms with van der Waals surface area (Å²) in [5, 5.41) is 14.0. The average Bonchev–Trinajstić information content (AvgIpc) is 3.14. The minimum absolute atomic E-state index is 0.106. The van der Waals surface area contributed by atoms with Crippen LogP contribution >= 0.6 is 0 Å².